The number of hydrogen-bond donors (Lipinski definition) is 2. The van der Waals surface area contributed by atoms with Gasteiger partial charge in [0.2, 0.25) is 11.8 Å². The zero-order valence-corrected chi connectivity index (χ0v) is 24.6. The Hall–Kier alpha value is -4.46. The maximum atomic E-state index is 14.0. The van der Waals surface area contributed by atoms with Crippen LogP contribution in [-0.4, -0.2) is 39.5 Å². The van der Waals surface area contributed by atoms with Crippen molar-refractivity contribution in [2.75, 3.05) is 16.8 Å². The molecule has 0 spiro atoms. The van der Waals surface area contributed by atoms with Crippen molar-refractivity contribution >= 4 is 69.5 Å². The number of H-pyrrole nitrogens is 1. The first-order valence-electron chi connectivity index (χ1n) is 12.9. The summed E-state index contributed by atoms with van der Waals surface area (Å²) in [4.78, 5) is 67.4. The molecule has 0 bridgehead atoms. The fourth-order valence-electron chi connectivity index (χ4n) is 5.29. The van der Waals surface area contributed by atoms with Gasteiger partial charge in [0.15, 0.2) is 6.61 Å². The number of nitro groups is 1. The third-order valence-electron chi connectivity index (χ3n) is 7.11. The molecular formula is C29H21ClN4O7S2. The van der Waals surface area contributed by atoms with E-state index in [1.807, 2.05) is 25.1 Å². The van der Waals surface area contributed by atoms with Crippen LogP contribution in [0.1, 0.15) is 21.9 Å². The third-order valence-corrected chi connectivity index (χ3v) is 9.75. The average molecular weight is 637 g/mol. The number of rotatable bonds is 7. The first kappa shape index (κ1) is 28.6. The minimum absolute atomic E-state index is 0.181. The zero-order chi connectivity index (χ0) is 30.4. The van der Waals surface area contributed by atoms with Crippen LogP contribution in [0.15, 0.2) is 76.6 Å². The summed E-state index contributed by atoms with van der Waals surface area (Å²) >= 11 is 8.42. The molecule has 3 atom stereocenters. The Bertz CT molecular complexity index is 1860. The van der Waals surface area contributed by atoms with Crippen molar-refractivity contribution in [1.82, 2.24) is 4.98 Å². The summed E-state index contributed by atoms with van der Waals surface area (Å²) in [6.07, 6.45) is 0. The molecule has 218 valence electrons. The molecule has 4 aromatic rings. The second-order valence-corrected chi connectivity index (χ2v) is 12.5. The molecule has 3 aromatic carbocycles. The largest absolute Gasteiger partial charge is 0.483 e. The molecule has 0 radical (unpaired) electrons. The predicted octanol–water partition coefficient (Wildman–Crippen LogP) is 5.12. The number of fused-ring (bicyclic) bond motifs is 2. The number of thioether (sulfide) groups is 1. The Balaban J connectivity index is 1.36. The van der Waals surface area contributed by atoms with Gasteiger partial charge in [0.05, 0.1) is 21.6 Å². The van der Waals surface area contributed by atoms with Gasteiger partial charge in [0.1, 0.15) is 11.0 Å². The average Bonchev–Trinajstić information content (AvgIpc) is 3.46. The number of anilines is 2. The number of ether oxygens (including phenoxy) is 1. The molecule has 1 fully saturated rings. The first-order valence-corrected chi connectivity index (χ1v) is 15.0. The number of carbonyl (C=O) groups excluding carboxylic acids is 3. The number of thiazole rings is 1. The highest BCUT2D eigenvalue weighted by Crippen LogP contribution is 2.54. The number of carbonyl (C=O) groups is 3. The lowest BCUT2D eigenvalue weighted by Crippen LogP contribution is -2.32. The fraction of sp³-hybridized carbons (Fsp3) is 0.172. The lowest BCUT2D eigenvalue weighted by molar-refractivity contribution is -0.384. The molecule has 2 aliphatic heterocycles. The number of benzene rings is 3. The van der Waals surface area contributed by atoms with Crippen molar-refractivity contribution in [2.45, 2.75) is 23.1 Å². The minimum atomic E-state index is -0.950. The second-order valence-electron chi connectivity index (χ2n) is 9.92. The summed E-state index contributed by atoms with van der Waals surface area (Å²) < 4.78 is 5.95. The summed E-state index contributed by atoms with van der Waals surface area (Å²) in [5, 5.41) is 13.8. The number of aromatic amines is 1. The maximum Gasteiger partial charge on any atom is 0.305 e. The van der Waals surface area contributed by atoms with Crippen molar-refractivity contribution in [3.8, 4) is 5.75 Å². The summed E-state index contributed by atoms with van der Waals surface area (Å²) in [5.74, 6) is -2.95. The van der Waals surface area contributed by atoms with Crippen molar-refractivity contribution in [3.05, 3.63) is 108 Å². The number of non-ortho nitro benzene ring substituents is 1. The second kappa shape index (κ2) is 11.3. The fourth-order valence-corrected chi connectivity index (χ4v) is 7.97. The van der Waals surface area contributed by atoms with Crippen LogP contribution in [0, 0.1) is 23.0 Å². The molecule has 2 aliphatic rings. The molecule has 1 saturated heterocycles. The van der Waals surface area contributed by atoms with E-state index in [-0.39, 0.29) is 28.6 Å². The van der Waals surface area contributed by atoms with E-state index >= 15 is 0 Å². The van der Waals surface area contributed by atoms with Crippen molar-refractivity contribution in [1.29, 1.82) is 0 Å². The Morgan fingerprint density at radius 1 is 1.09 bits per heavy atom. The highest BCUT2D eigenvalue weighted by Gasteiger charge is 2.57. The van der Waals surface area contributed by atoms with Crippen molar-refractivity contribution in [3.63, 3.8) is 0 Å². The number of aryl methyl sites for hydroxylation is 1. The maximum absolute atomic E-state index is 14.0. The normalized spacial score (nSPS) is 19.1. The van der Waals surface area contributed by atoms with Crippen LogP contribution >= 0.6 is 34.7 Å². The Labute approximate surface area is 257 Å². The van der Waals surface area contributed by atoms with Crippen molar-refractivity contribution in [2.24, 2.45) is 5.92 Å². The van der Waals surface area contributed by atoms with E-state index in [2.05, 4.69) is 10.3 Å². The number of nitro benzene ring substituents is 1. The Morgan fingerprint density at radius 3 is 2.58 bits per heavy atom. The number of nitrogens with zero attached hydrogens (tertiary/aromatic N) is 2. The smallest absolute Gasteiger partial charge is 0.305 e. The Morgan fingerprint density at radius 2 is 1.86 bits per heavy atom. The number of halogens is 1. The van der Waals surface area contributed by atoms with Crippen LogP contribution in [0.25, 0.3) is 0 Å². The van der Waals surface area contributed by atoms with Gasteiger partial charge in [-0.25, -0.2) is 4.90 Å². The molecule has 6 rings (SSSR count). The third kappa shape index (κ3) is 5.42. The van der Waals surface area contributed by atoms with Gasteiger partial charge in [0, 0.05) is 39.2 Å². The topological polar surface area (TPSA) is 152 Å². The first-order chi connectivity index (χ1) is 20.6. The highest BCUT2D eigenvalue weighted by atomic mass is 35.5. The number of nitrogens with one attached hydrogen (secondary N) is 2. The van der Waals surface area contributed by atoms with Gasteiger partial charge in [-0.1, -0.05) is 46.8 Å². The molecular weight excluding hydrogens is 616 g/mol. The number of hydrogen-bond acceptors (Lipinski definition) is 9. The van der Waals surface area contributed by atoms with Crippen LogP contribution in [0.4, 0.5) is 17.1 Å². The van der Waals surface area contributed by atoms with E-state index in [0.717, 1.165) is 33.6 Å². The predicted molar refractivity (Wildman–Crippen MR) is 162 cm³/mol. The van der Waals surface area contributed by atoms with Crippen LogP contribution in [-0.2, 0) is 14.4 Å². The summed E-state index contributed by atoms with van der Waals surface area (Å²) in [6.45, 7) is 1.55. The van der Waals surface area contributed by atoms with Gasteiger partial charge in [-0.2, -0.15) is 0 Å². The molecule has 3 heterocycles. The zero-order valence-electron chi connectivity index (χ0n) is 22.2. The summed E-state index contributed by atoms with van der Waals surface area (Å²) in [6, 6.07) is 17.2. The van der Waals surface area contributed by atoms with E-state index in [1.54, 1.807) is 24.3 Å². The number of aromatic nitrogens is 1. The number of imide groups is 1. The molecule has 0 aliphatic carbocycles. The van der Waals surface area contributed by atoms with E-state index < -0.39 is 39.7 Å². The molecule has 14 heteroatoms. The van der Waals surface area contributed by atoms with E-state index in [9.17, 15) is 29.3 Å². The van der Waals surface area contributed by atoms with Gasteiger partial charge in [-0.15, -0.1) is 0 Å². The Kier molecular flexibility index (Phi) is 7.54. The van der Waals surface area contributed by atoms with Gasteiger partial charge in [-0.05, 0) is 55.0 Å². The highest BCUT2D eigenvalue weighted by molar-refractivity contribution is 8.00. The van der Waals surface area contributed by atoms with Crippen LogP contribution in [0.3, 0.4) is 0 Å². The quantitative estimate of drug-likeness (QED) is 0.161. The summed E-state index contributed by atoms with van der Waals surface area (Å²) in [7, 11) is 0. The van der Waals surface area contributed by atoms with E-state index in [4.69, 9.17) is 16.3 Å². The van der Waals surface area contributed by atoms with Gasteiger partial charge in [0.25, 0.3) is 11.6 Å². The van der Waals surface area contributed by atoms with Crippen molar-refractivity contribution < 1.29 is 24.0 Å². The molecule has 0 saturated carbocycles. The SMILES string of the molecule is Cc1cccc(NC(=O)COc2ccc(Cl)cc2[C@H]2c3sc(=O)[nH]c3SC3C(=O)N(c4ccc([N+](=O)[O-])cc4)C(=O)C32)c1. The monoisotopic (exact) mass is 636 g/mol. The molecule has 11 nitrogen and oxygen atoms in total. The van der Waals surface area contributed by atoms with E-state index in [1.165, 1.54) is 24.3 Å². The lowest BCUT2D eigenvalue weighted by atomic mass is 9.82. The van der Waals surface area contributed by atoms with Crippen LogP contribution < -0.4 is 19.8 Å². The molecule has 1 aromatic heterocycles. The minimum Gasteiger partial charge on any atom is -0.483 e. The van der Waals surface area contributed by atoms with E-state index in [0.29, 0.717) is 26.2 Å². The molecule has 43 heavy (non-hydrogen) atoms. The molecule has 2 unspecified atom stereocenters. The van der Waals surface area contributed by atoms with Crippen LogP contribution in [0.5, 0.6) is 5.75 Å². The lowest BCUT2D eigenvalue weighted by Gasteiger charge is -2.31. The molecule has 2 N–H and O–H groups in total. The van der Waals surface area contributed by atoms with Crippen LogP contribution in [0.2, 0.25) is 5.02 Å². The summed E-state index contributed by atoms with van der Waals surface area (Å²) in [5.41, 5.74) is 2.04. The van der Waals surface area contributed by atoms with Gasteiger partial charge >= 0.3 is 4.87 Å². The van der Waals surface area contributed by atoms with Gasteiger partial charge < -0.3 is 15.0 Å². The number of amides is 3. The molecule has 3 amide bonds. The van der Waals surface area contributed by atoms with Gasteiger partial charge in [-0.3, -0.25) is 29.3 Å². The standard InChI is InChI=1S/C29H21ClN4O7S2/c1-14-3-2-4-16(11-14)31-21(35)13-41-20-10-5-15(30)12-19(20)22-23-25(42-26-24(22)43-29(38)32-26)28(37)33(27(23)36)17-6-8-18(9-7-17)34(39)40/h2-12,22-23,25H,13H2,1H3,(H,31,35)(H,32,38)/t22-,23?,25?/m1/s1.